The number of methoxy groups -OCH3 is 1. The number of carbonyl (C=O) groups excluding carboxylic acids is 1. The van der Waals surface area contributed by atoms with E-state index in [9.17, 15) is 4.79 Å². The largest absolute Gasteiger partial charge is 0.440 e. The van der Waals surface area contributed by atoms with Crippen LogP contribution in [0, 0.1) is 0 Å². The standard InChI is InChI=1S/C10H14ClNO3/c1-12(6-3-7-14-2)10(13)8-4-5-9(11)15-8/h4-5H,3,6-7H2,1-2H3. The quantitative estimate of drug-likeness (QED) is 0.729. The molecule has 0 spiro atoms. The van der Waals surface area contributed by atoms with E-state index in [2.05, 4.69) is 0 Å². The number of carbonyl (C=O) groups is 1. The summed E-state index contributed by atoms with van der Waals surface area (Å²) in [6.07, 6.45) is 0.799. The van der Waals surface area contributed by atoms with Gasteiger partial charge in [0.05, 0.1) is 0 Å². The maximum atomic E-state index is 11.7. The van der Waals surface area contributed by atoms with E-state index in [1.165, 1.54) is 0 Å². The Balaban J connectivity index is 2.46. The Morgan fingerprint density at radius 1 is 1.60 bits per heavy atom. The lowest BCUT2D eigenvalue weighted by Crippen LogP contribution is -2.27. The van der Waals surface area contributed by atoms with E-state index < -0.39 is 0 Å². The number of amides is 1. The molecule has 0 bridgehead atoms. The van der Waals surface area contributed by atoms with Crippen molar-refractivity contribution in [1.82, 2.24) is 4.90 Å². The van der Waals surface area contributed by atoms with Crippen molar-refractivity contribution in [1.29, 1.82) is 0 Å². The smallest absolute Gasteiger partial charge is 0.289 e. The van der Waals surface area contributed by atoms with E-state index >= 15 is 0 Å². The molecule has 1 rings (SSSR count). The van der Waals surface area contributed by atoms with E-state index in [1.807, 2.05) is 0 Å². The first-order chi connectivity index (χ1) is 7.15. The summed E-state index contributed by atoms with van der Waals surface area (Å²) in [6.45, 7) is 1.27. The van der Waals surface area contributed by atoms with Crippen molar-refractivity contribution in [2.24, 2.45) is 0 Å². The third-order valence-electron chi connectivity index (χ3n) is 1.97. The van der Waals surface area contributed by atoms with Gasteiger partial charge in [-0.2, -0.15) is 0 Å². The van der Waals surface area contributed by atoms with Crippen LogP contribution in [-0.4, -0.2) is 38.1 Å². The maximum absolute atomic E-state index is 11.7. The average Bonchev–Trinajstić information content (AvgIpc) is 2.64. The molecule has 0 radical (unpaired) electrons. The normalized spacial score (nSPS) is 10.3. The van der Waals surface area contributed by atoms with Gasteiger partial charge in [-0.1, -0.05) is 0 Å². The minimum absolute atomic E-state index is 0.169. The zero-order chi connectivity index (χ0) is 11.3. The molecule has 0 aromatic carbocycles. The van der Waals surface area contributed by atoms with Crippen LogP contribution in [0.25, 0.3) is 0 Å². The molecule has 0 fully saturated rings. The Kier molecular flexibility index (Phi) is 4.65. The van der Waals surface area contributed by atoms with Crippen LogP contribution in [0.2, 0.25) is 5.22 Å². The molecule has 4 nitrogen and oxygen atoms in total. The lowest BCUT2D eigenvalue weighted by molar-refractivity contribution is 0.0748. The minimum Gasteiger partial charge on any atom is -0.440 e. The Hall–Kier alpha value is -1.00. The molecular formula is C10H14ClNO3. The van der Waals surface area contributed by atoms with Crippen molar-refractivity contribution in [3.8, 4) is 0 Å². The van der Waals surface area contributed by atoms with E-state index in [0.717, 1.165) is 6.42 Å². The molecule has 5 heteroatoms. The van der Waals surface area contributed by atoms with E-state index in [0.29, 0.717) is 13.2 Å². The maximum Gasteiger partial charge on any atom is 0.289 e. The van der Waals surface area contributed by atoms with Crippen LogP contribution in [0.1, 0.15) is 17.0 Å². The molecule has 0 unspecified atom stereocenters. The number of ether oxygens (including phenoxy) is 1. The summed E-state index contributed by atoms with van der Waals surface area (Å²) in [4.78, 5) is 13.3. The average molecular weight is 232 g/mol. The topological polar surface area (TPSA) is 42.7 Å². The van der Waals surface area contributed by atoms with E-state index in [-0.39, 0.29) is 16.9 Å². The number of nitrogens with zero attached hydrogens (tertiary/aromatic N) is 1. The van der Waals surface area contributed by atoms with Crippen molar-refractivity contribution >= 4 is 17.5 Å². The summed E-state index contributed by atoms with van der Waals surface area (Å²) in [5, 5.41) is 0.226. The van der Waals surface area contributed by atoms with Gasteiger partial charge in [0.1, 0.15) is 0 Å². The second-order valence-corrected chi connectivity index (χ2v) is 3.55. The second kappa shape index (κ2) is 5.78. The lowest BCUT2D eigenvalue weighted by Gasteiger charge is -2.14. The third-order valence-corrected chi connectivity index (χ3v) is 2.18. The van der Waals surface area contributed by atoms with Gasteiger partial charge in [-0.3, -0.25) is 4.79 Å². The highest BCUT2D eigenvalue weighted by atomic mass is 35.5. The molecule has 1 heterocycles. The number of halogens is 1. The molecule has 0 aliphatic carbocycles. The van der Waals surface area contributed by atoms with Crippen molar-refractivity contribution in [2.45, 2.75) is 6.42 Å². The first-order valence-corrected chi connectivity index (χ1v) is 5.02. The molecule has 84 valence electrons. The number of hydrogen-bond donors (Lipinski definition) is 0. The molecule has 0 N–H and O–H groups in total. The molecular weight excluding hydrogens is 218 g/mol. The summed E-state index contributed by atoms with van der Waals surface area (Å²) >= 11 is 5.58. The van der Waals surface area contributed by atoms with Gasteiger partial charge in [-0.15, -0.1) is 0 Å². The van der Waals surface area contributed by atoms with Crippen molar-refractivity contribution in [3.05, 3.63) is 23.1 Å². The lowest BCUT2D eigenvalue weighted by atomic mass is 10.3. The van der Waals surface area contributed by atoms with Gasteiger partial charge in [-0.25, -0.2) is 0 Å². The van der Waals surface area contributed by atoms with Gasteiger partial charge in [0.15, 0.2) is 11.0 Å². The predicted molar refractivity (Wildman–Crippen MR) is 57.2 cm³/mol. The van der Waals surface area contributed by atoms with Crippen LogP contribution < -0.4 is 0 Å². The molecule has 1 aromatic rings. The predicted octanol–water partition coefficient (Wildman–Crippen LogP) is 2.04. The Morgan fingerprint density at radius 3 is 2.87 bits per heavy atom. The minimum atomic E-state index is -0.169. The Labute approximate surface area is 93.8 Å². The summed E-state index contributed by atoms with van der Waals surface area (Å²) in [5.41, 5.74) is 0. The Morgan fingerprint density at radius 2 is 2.33 bits per heavy atom. The van der Waals surface area contributed by atoms with E-state index in [4.69, 9.17) is 20.8 Å². The molecule has 0 saturated heterocycles. The second-order valence-electron chi connectivity index (χ2n) is 3.18. The molecule has 1 amide bonds. The molecule has 0 aliphatic heterocycles. The van der Waals surface area contributed by atoms with Gasteiger partial charge in [0.25, 0.3) is 5.91 Å². The molecule has 0 atom stereocenters. The highest BCUT2D eigenvalue weighted by Crippen LogP contribution is 2.14. The third kappa shape index (κ3) is 3.57. The van der Waals surface area contributed by atoms with Crippen molar-refractivity contribution in [3.63, 3.8) is 0 Å². The highest BCUT2D eigenvalue weighted by molar-refractivity contribution is 6.29. The van der Waals surface area contributed by atoms with Crippen molar-refractivity contribution < 1.29 is 13.9 Å². The molecule has 15 heavy (non-hydrogen) atoms. The zero-order valence-electron chi connectivity index (χ0n) is 8.83. The van der Waals surface area contributed by atoms with Gasteiger partial charge in [0.2, 0.25) is 0 Å². The fourth-order valence-corrected chi connectivity index (χ4v) is 1.31. The molecule has 1 aromatic heterocycles. The van der Waals surface area contributed by atoms with Gasteiger partial charge in [-0.05, 0) is 30.2 Å². The van der Waals surface area contributed by atoms with Crippen LogP contribution in [-0.2, 0) is 4.74 Å². The summed E-state index contributed by atoms with van der Waals surface area (Å²) in [7, 11) is 3.35. The van der Waals surface area contributed by atoms with Crippen LogP contribution in [0.4, 0.5) is 0 Å². The van der Waals surface area contributed by atoms with Gasteiger partial charge >= 0.3 is 0 Å². The van der Waals surface area contributed by atoms with Crippen LogP contribution >= 0.6 is 11.6 Å². The fourth-order valence-electron chi connectivity index (χ4n) is 1.16. The van der Waals surface area contributed by atoms with Gasteiger partial charge < -0.3 is 14.1 Å². The van der Waals surface area contributed by atoms with Crippen molar-refractivity contribution in [2.75, 3.05) is 27.3 Å². The fraction of sp³-hybridized carbons (Fsp3) is 0.500. The molecule has 0 saturated carbocycles. The molecule has 0 aliphatic rings. The monoisotopic (exact) mass is 231 g/mol. The van der Waals surface area contributed by atoms with Crippen LogP contribution in [0.3, 0.4) is 0 Å². The SMILES string of the molecule is COCCCN(C)C(=O)c1ccc(Cl)o1. The number of rotatable bonds is 5. The first kappa shape index (κ1) is 12.1. The Bertz CT molecular complexity index is 324. The highest BCUT2D eigenvalue weighted by Gasteiger charge is 2.14. The number of furan rings is 1. The first-order valence-electron chi connectivity index (χ1n) is 4.65. The van der Waals surface area contributed by atoms with Crippen LogP contribution in [0.5, 0.6) is 0 Å². The summed E-state index contributed by atoms with van der Waals surface area (Å²) in [6, 6.07) is 3.12. The number of hydrogen-bond acceptors (Lipinski definition) is 3. The summed E-state index contributed by atoms with van der Waals surface area (Å²) in [5.74, 6) is 0.0953. The van der Waals surface area contributed by atoms with Gasteiger partial charge in [0, 0.05) is 27.3 Å². The summed E-state index contributed by atoms with van der Waals surface area (Å²) < 4.78 is 9.91. The van der Waals surface area contributed by atoms with E-state index in [1.54, 1.807) is 31.2 Å². The zero-order valence-corrected chi connectivity index (χ0v) is 9.58. The van der Waals surface area contributed by atoms with Crippen LogP contribution in [0.15, 0.2) is 16.5 Å².